The van der Waals surface area contributed by atoms with E-state index in [0.717, 1.165) is 25.3 Å². The highest BCUT2D eigenvalue weighted by Gasteiger charge is 2.22. The van der Waals surface area contributed by atoms with Gasteiger partial charge in [-0.1, -0.05) is 26.0 Å². The Balaban J connectivity index is 2.37. The van der Waals surface area contributed by atoms with E-state index in [1.165, 1.54) is 0 Å². The van der Waals surface area contributed by atoms with Gasteiger partial charge in [0.25, 0.3) is 0 Å². The van der Waals surface area contributed by atoms with Gasteiger partial charge in [-0.15, -0.1) is 0 Å². The summed E-state index contributed by atoms with van der Waals surface area (Å²) in [5, 5.41) is 0. The fourth-order valence-corrected chi connectivity index (χ4v) is 2.50. The number of esters is 1. The SMILES string of the molecule is CCOC(=O)CC(C)(C)CCc1ccc(OCCCC(C)(F)F)cc1. The van der Waals surface area contributed by atoms with E-state index in [4.69, 9.17) is 9.47 Å². The van der Waals surface area contributed by atoms with Crippen molar-refractivity contribution in [2.24, 2.45) is 5.41 Å². The molecule has 1 rings (SSSR count). The van der Waals surface area contributed by atoms with Crippen LogP contribution in [-0.4, -0.2) is 25.1 Å². The van der Waals surface area contributed by atoms with E-state index in [2.05, 4.69) is 13.8 Å². The molecule has 0 saturated heterocycles. The second-order valence-corrected chi connectivity index (χ2v) is 7.31. The first kappa shape index (κ1) is 21.4. The zero-order chi connectivity index (χ0) is 18.9. The van der Waals surface area contributed by atoms with E-state index < -0.39 is 5.92 Å². The van der Waals surface area contributed by atoms with Crippen LogP contribution in [0.4, 0.5) is 8.78 Å². The summed E-state index contributed by atoms with van der Waals surface area (Å²) in [7, 11) is 0. The molecule has 0 heterocycles. The highest BCUT2D eigenvalue weighted by Crippen LogP contribution is 2.28. The molecule has 0 saturated carbocycles. The smallest absolute Gasteiger partial charge is 0.306 e. The minimum absolute atomic E-state index is 0.118. The topological polar surface area (TPSA) is 35.5 Å². The summed E-state index contributed by atoms with van der Waals surface area (Å²) in [4.78, 5) is 11.6. The number of rotatable bonds is 11. The van der Waals surface area contributed by atoms with Gasteiger partial charge < -0.3 is 9.47 Å². The summed E-state index contributed by atoms with van der Waals surface area (Å²) in [6, 6.07) is 7.67. The number of carbonyl (C=O) groups excluding carboxylic acids is 1. The van der Waals surface area contributed by atoms with Crippen molar-refractivity contribution >= 4 is 5.97 Å². The second kappa shape index (κ2) is 9.73. The lowest BCUT2D eigenvalue weighted by Crippen LogP contribution is -2.19. The molecule has 0 aliphatic carbocycles. The van der Waals surface area contributed by atoms with Gasteiger partial charge in [0, 0.05) is 6.42 Å². The molecule has 3 nitrogen and oxygen atoms in total. The van der Waals surface area contributed by atoms with Crippen molar-refractivity contribution < 1.29 is 23.0 Å². The standard InChI is InChI=1S/C20H30F2O3/c1-5-24-18(23)15-19(2,3)13-11-16-7-9-17(10-8-16)25-14-6-12-20(4,21)22/h7-10H,5-6,11-15H2,1-4H3. The van der Waals surface area contributed by atoms with Crippen LogP contribution in [0.2, 0.25) is 0 Å². The molecule has 142 valence electrons. The average molecular weight is 356 g/mol. The molecule has 25 heavy (non-hydrogen) atoms. The summed E-state index contributed by atoms with van der Waals surface area (Å²) in [6.45, 7) is 7.55. The Morgan fingerprint density at radius 2 is 1.72 bits per heavy atom. The van der Waals surface area contributed by atoms with Crippen molar-refractivity contribution in [2.75, 3.05) is 13.2 Å². The van der Waals surface area contributed by atoms with E-state index in [9.17, 15) is 13.6 Å². The number of alkyl halides is 2. The van der Waals surface area contributed by atoms with Crippen LogP contribution in [0.25, 0.3) is 0 Å². The molecule has 0 aromatic heterocycles. The molecule has 0 radical (unpaired) electrons. The molecule has 0 amide bonds. The first-order valence-electron chi connectivity index (χ1n) is 8.86. The van der Waals surface area contributed by atoms with Crippen LogP contribution in [0.1, 0.15) is 58.9 Å². The minimum atomic E-state index is -2.64. The highest BCUT2D eigenvalue weighted by molar-refractivity contribution is 5.70. The van der Waals surface area contributed by atoms with Crippen LogP contribution in [0.3, 0.4) is 0 Å². The minimum Gasteiger partial charge on any atom is -0.494 e. The van der Waals surface area contributed by atoms with Gasteiger partial charge in [-0.25, -0.2) is 8.78 Å². The molecule has 0 bridgehead atoms. The van der Waals surface area contributed by atoms with Gasteiger partial charge in [0.15, 0.2) is 0 Å². The number of carbonyl (C=O) groups is 1. The molecule has 0 atom stereocenters. The predicted octanol–water partition coefficient (Wildman–Crippen LogP) is 5.41. The molecule has 0 aliphatic heterocycles. The Morgan fingerprint density at radius 3 is 2.28 bits per heavy atom. The fraction of sp³-hybridized carbons (Fsp3) is 0.650. The van der Waals surface area contributed by atoms with E-state index in [1.54, 1.807) is 0 Å². The van der Waals surface area contributed by atoms with Crippen molar-refractivity contribution in [1.29, 1.82) is 0 Å². The van der Waals surface area contributed by atoms with Crippen LogP contribution < -0.4 is 4.74 Å². The predicted molar refractivity (Wildman–Crippen MR) is 95.1 cm³/mol. The zero-order valence-corrected chi connectivity index (χ0v) is 15.7. The third-order valence-electron chi connectivity index (χ3n) is 3.97. The van der Waals surface area contributed by atoms with Gasteiger partial charge in [0.05, 0.1) is 19.6 Å². The van der Waals surface area contributed by atoms with E-state index in [1.807, 2.05) is 31.2 Å². The monoisotopic (exact) mass is 356 g/mol. The molecule has 5 heteroatoms. The normalized spacial score (nSPS) is 12.1. The summed E-state index contributed by atoms with van der Waals surface area (Å²) >= 11 is 0. The molecule has 0 spiro atoms. The van der Waals surface area contributed by atoms with E-state index in [0.29, 0.717) is 25.2 Å². The molecule has 0 N–H and O–H groups in total. The first-order valence-corrected chi connectivity index (χ1v) is 8.86. The first-order chi connectivity index (χ1) is 11.6. The summed E-state index contributed by atoms with van der Waals surface area (Å²) in [5.41, 5.74) is 1.04. The lowest BCUT2D eigenvalue weighted by Gasteiger charge is -2.23. The Morgan fingerprint density at radius 1 is 1.08 bits per heavy atom. The Bertz CT molecular complexity index is 519. The van der Waals surface area contributed by atoms with Crippen molar-refractivity contribution in [3.8, 4) is 5.75 Å². The fourth-order valence-electron chi connectivity index (χ4n) is 2.50. The number of benzene rings is 1. The third kappa shape index (κ3) is 10.0. The van der Waals surface area contributed by atoms with E-state index >= 15 is 0 Å². The lowest BCUT2D eigenvalue weighted by atomic mass is 9.83. The van der Waals surface area contributed by atoms with Gasteiger partial charge in [0.2, 0.25) is 5.92 Å². The maximum absolute atomic E-state index is 12.7. The molecular formula is C20H30F2O3. The number of aryl methyl sites for hydroxylation is 1. The zero-order valence-electron chi connectivity index (χ0n) is 15.7. The van der Waals surface area contributed by atoms with Crippen LogP contribution in [0, 0.1) is 5.41 Å². The van der Waals surface area contributed by atoms with Crippen LogP contribution in [0.15, 0.2) is 24.3 Å². The maximum Gasteiger partial charge on any atom is 0.306 e. The third-order valence-corrected chi connectivity index (χ3v) is 3.97. The number of ether oxygens (including phenoxy) is 2. The van der Waals surface area contributed by atoms with Gasteiger partial charge in [-0.3, -0.25) is 4.79 Å². The van der Waals surface area contributed by atoms with Crippen LogP contribution in [0.5, 0.6) is 5.75 Å². The lowest BCUT2D eigenvalue weighted by molar-refractivity contribution is -0.145. The van der Waals surface area contributed by atoms with Gasteiger partial charge in [-0.2, -0.15) is 0 Å². The summed E-state index contributed by atoms with van der Waals surface area (Å²) in [6.07, 6.45) is 2.30. The molecule has 0 fully saturated rings. The Labute approximate surface area is 149 Å². The second-order valence-electron chi connectivity index (χ2n) is 7.31. The maximum atomic E-state index is 12.7. The van der Waals surface area contributed by atoms with Crippen LogP contribution in [-0.2, 0) is 16.0 Å². The van der Waals surface area contributed by atoms with Crippen LogP contribution >= 0.6 is 0 Å². The van der Waals surface area contributed by atoms with Crippen molar-refractivity contribution in [3.05, 3.63) is 29.8 Å². The molecular weight excluding hydrogens is 326 g/mol. The molecule has 1 aromatic carbocycles. The molecule has 0 aliphatic rings. The summed E-state index contributed by atoms with van der Waals surface area (Å²) in [5.74, 6) is -2.10. The number of halogens is 2. The van der Waals surface area contributed by atoms with E-state index in [-0.39, 0.29) is 24.4 Å². The Hall–Kier alpha value is -1.65. The van der Waals surface area contributed by atoms with Gasteiger partial charge in [-0.05, 0) is 56.2 Å². The number of hydrogen-bond acceptors (Lipinski definition) is 3. The quantitative estimate of drug-likeness (QED) is 0.393. The van der Waals surface area contributed by atoms with Gasteiger partial charge >= 0.3 is 5.97 Å². The number of hydrogen-bond donors (Lipinski definition) is 0. The Kier molecular flexibility index (Phi) is 8.33. The molecule has 0 unspecified atom stereocenters. The van der Waals surface area contributed by atoms with Crippen molar-refractivity contribution in [1.82, 2.24) is 0 Å². The largest absolute Gasteiger partial charge is 0.494 e. The average Bonchev–Trinajstić information content (AvgIpc) is 2.49. The van der Waals surface area contributed by atoms with Gasteiger partial charge in [0.1, 0.15) is 5.75 Å². The highest BCUT2D eigenvalue weighted by atomic mass is 19.3. The van der Waals surface area contributed by atoms with Crippen molar-refractivity contribution in [3.63, 3.8) is 0 Å². The van der Waals surface area contributed by atoms with Crippen molar-refractivity contribution in [2.45, 2.75) is 65.7 Å². The summed E-state index contributed by atoms with van der Waals surface area (Å²) < 4.78 is 35.9. The molecule has 1 aromatic rings.